The van der Waals surface area contributed by atoms with Crippen LogP contribution in [0.4, 0.5) is 0 Å². The van der Waals surface area contributed by atoms with E-state index in [4.69, 9.17) is 28.2 Å². The van der Waals surface area contributed by atoms with Crippen LogP contribution in [0, 0.1) is 6.92 Å². The number of nitrogens with zero attached hydrogens (tertiary/aromatic N) is 2. The molecule has 0 saturated heterocycles. The highest BCUT2D eigenvalue weighted by Gasteiger charge is 2.19. The van der Waals surface area contributed by atoms with Gasteiger partial charge in [-0.15, -0.1) is 0 Å². The molecular formula is C24H21Cl2N3O. The van der Waals surface area contributed by atoms with Crippen molar-refractivity contribution in [3.8, 4) is 0 Å². The van der Waals surface area contributed by atoms with Gasteiger partial charge in [-0.3, -0.25) is 4.79 Å². The molecule has 1 unspecified atom stereocenters. The maximum atomic E-state index is 12.7. The van der Waals surface area contributed by atoms with E-state index < -0.39 is 0 Å². The molecule has 0 aliphatic carbocycles. The molecule has 1 atom stereocenters. The highest BCUT2D eigenvalue weighted by molar-refractivity contribution is 6.42. The fourth-order valence-corrected chi connectivity index (χ4v) is 3.78. The molecule has 0 bridgehead atoms. The van der Waals surface area contributed by atoms with Crippen LogP contribution in [0.3, 0.4) is 0 Å². The second kappa shape index (κ2) is 8.50. The van der Waals surface area contributed by atoms with Gasteiger partial charge in [0.1, 0.15) is 5.82 Å². The summed E-state index contributed by atoms with van der Waals surface area (Å²) in [5.74, 6) is 0.651. The van der Waals surface area contributed by atoms with E-state index in [-0.39, 0.29) is 11.9 Å². The van der Waals surface area contributed by atoms with Crippen molar-refractivity contribution in [1.82, 2.24) is 14.9 Å². The molecule has 0 spiro atoms. The highest BCUT2D eigenvalue weighted by atomic mass is 35.5. The van der Waals surface area contributed by atoms with Gasteiger partial charge in [-0.1, -0.05) is 59.1 Å². The monoisotopic (exact) mass is 437 g/mol. The molecule has 0 aliphatic heterocycles. The van der Waals surface area contributed by atoms with Crippen molar-refractivity contribution in [1.29, 1.82) is 0 Å². The lowest BCUT2D eigenvalue weighted by Gasteiger charge is -2.17. The second-order valence-corrected chi connectivity index (χ2v) is 8.17. The summed E-state index contributed by atoms with van der Waals surface area (Å²) in [6.45, 7) is 4.51. The van der Waals surface area contributed by atoms with Crippen LogP contribution in [-0.2, 0) is 6.54 Å². The first kappa shape index (κ1) is 20.5. The van der Waals surface area contributed by atoms with Crippen LogP contribution in [0.2, 0.25) is 10.0 Å². The van der Waals surface area contributed by atoms with Gasteiger partial charge >= 0.3 is 0 Å². The highest BCUT2D eigenvalue weighted by Crippen LogP contribution is 2.26. The number of carbonyl (C=O) groups excluding carboxylic acids is 1. The molecule has 4 nitrogen and oxygen atoms in total. The first-order chi connectivity index (χ1) is 14.4. The van der Waals surface area contributed by atoms with E-state index >= 15 is 0 Å². The first-order valence-corrected chi connectivity index (χ1v) is 10.4. The predicted octanol–water partition coefficient (Wildman–Crippen LogP) is 6.19. The third-order valence-electron chi connectivity index (χ3n) is 5.06. The van der Waals surface area contributed by atoms with Crippen molar-refractivity contribution in [3.05, 3.63) is 99.3 Å². The van der Waals surface area contributed by atoms with Crippen LogP contribution in [0.15, 0.2) is 66.7 Å². The number of fused-ring (bicyclic) bond motifs is 1. The van der Waals surface area contributed by atoms with Crippen LogP contribution < -0.4 is 5.32 Å². The van der Waals surface area contributed by atoms with E-state index in [0.717, 1.165) is 28.0 Å². The number of para-hydroxylation sites is 2. The number of benzene rings is 3. The largest absolute Gasteiger partial charge is 0.342 e. The summed E-state index contributed by atoms with van der Waals surface area (Å²) in [5, 5.41) is 4.11. The Morgan fingerprint density at radius 2 is 1.77 bits per heavy atom. The molecule has 1 N–H and O–H groups in total. The number of rotatable bonds is 5. The summed E-state index contributed by atoms with van der Waals surface area (Å²) in [6, 6.07) is 20.8. The van der Waals surface area contributed by atoms with E-state index in [1.807, 2.05) is 74.5 Å². The molecule has 4 aromatic rings. The number of halogens is 2. The Labute approximate surface area is 185 Å². The Morgan fingerprint density at radius 1 is 1.03 bits per heavy atom. The average Bonchev–Trinajstić information content (AvgIpc) is 3.10. The van der Waals surface area contributed by atoms with Gasteiger partial charge in [0.15, 0.2) is 0 Å². The van der Waals surface area contributed by atoms with E-state index in [1.165, 1.54) is 0 Å². The normalized spacial score (nSPS) is 12.1. The standard InChI is InChI=1S/C24H21Cl2N3O/c1-15-7-10-18(11-8-15)24(30)27-16(2)23-28-21-5-3-4-6-22(21)29(23)14-17-9-12-19(25)20(26)13-17/h3-13,16H,14H2,1-2H3,(H,27,30). The molecule has 152 valence electrons. The van der Waals surface area contributed by atoms with Gasteiger partial charge in [0.2, 0.25) is 0 Å². The quantitative estimate of drug-likeness (QED) is 0.404. The van der Waals surface area contributed by atoms with Crippen LogP contribution in [0.25, 0.3) is 11.0 Å². The van der Waals surface area contributed by atoms with E-state index in [9.17, 15) is 4.79 Å². The van der Waals surface area contributed by atoms with Crippen molar-refractivity contribution >= 4 is 40.1 Å². The molecule has 0 aliphatic rings. The number of hydrogen-bond donors (Lipinski definition) is 1. The van der Waals surface area contributed by atoms with Crippen molar-refractivity contribution in [3.63, 3.8) is 0 Å². The minimum Gasteiger partial charge on any atom is -0.342 e. The SMILES string of the molecule is Cc1ccc(C(=O)NC(C)c2nc3ccccc3n2Cc2ccc(Cl)c(Cl)c2)cc1. The number of nitrogens with one attached hydrogen (secondary N) is 1. The van der Waals surface area contributed by atoms with Crippen molar-refractivity contribution in [2.75, 3.05) is 0 Å². The summed E-state index contributed by atoms with van der Waals surface area (Å²) in [6.07, 6.45) is 0. The van der Waals surface area contributed by atoms with E-state index in [1.54, 1.807) is 6.07 Å². The Morgan fingerprint density at radius 3 is 2.50 bits per heavy atom. The molecular weight excluding hydrogens is 417 g/mol. The number of carbonyl (C=O) groups is 1. The van der Waals surface area contributed by atoms with Crippen molar-refractivity contribution in [2.24, 2.45) is 0 Å². The van der Waals surface area contributed by atoms with Crippen molar-refractivity contribution in [2.45, 2.75) is 26.4 Å². The summed E-state index contributed by atoms with van der Waals surface area (Å²) >= 11 is 12.3. The number of aryl methyl sites for hydroxylation is 1. The fourth-order valence-electron chi connectivity index (χ4n) is 3.46. The number of amides is 1. The van der Waals surface area contributed by atoms with Crippen LogP contribution in [0.1, 0.15) is 40.3 Å². The smallest absolute Gasteiger partial charge is 0.251 e. The first-order valence-electron chi connectivity index (χ1n) is 9.69. The lowest BCUT2D eigenvalue weighted by atomic mass is 10.1. The Balaban J connectivity index is 1.67. The van der Waals surface area contributed by atoms with Crippen LogP contribution in [0.5, 0.6) is 0 Å². The molecule has 1 amide bonds. The third kappa shape index (κ3) is 4.20. The minimum atomic E-state index is -0.283. The Bertz CT molecular complexity index is 1220. The third-order valence-corrected chi connectivity index (χ3v) is 5.80. The summed E-state index contributed by atoms with van der Waals surface area (Å²) in [5.41, 5.74) is 4.62. The molecule has 1 heterocycles. The number of imidazole rings is 1. The lowest BCUT2D eigenvalue weighted by molar-refractivity contribution is 0.0938. The second-order valence-electron chi connectivity index (χ2n) is 7.35. The number of hydrogen-bond acceptors (Lipinski definition) is 2. The zero-order valence-corrected chi connectivity index (χ0v) is 18.2. The molecule has 0 fully saturated rings. The lowest BCUT2D eigenvalue weighted by Crippen LogP contribution is -2.28. The summed E-state index contributed by atoms with van der Waals surface area (Å²) < 4.78 is 2.11. The maximum absolute atomic E-state index is 12.7. The topological polar surface area (TPSA) is 46.9 Å². The average molecular weight is 438 g/mol. The van der Waals surface area contributed by atoms with E-state index in [0.29, 0.717) is 22.2 Å². The molecule has 0 radical (unpaired) electrons. The Kier molecular flexibility index (Phi) is 5.80. The molecule has 1 aromatic heterocycles. The van der Waals surface area contributed by atoms with Crippen LogP contribution >= 0.6 is 23.2 Å². The summed E-state index contributed by atoms with van der Waals surface area (Å²) in [4.78, 5) is 17.5. The fraction of sp³-hybridized carbons (Fsp3) is 0.167. The van der Waals surface area contributed by atoms with Crippen LogP contribution in [-0.4, -0.2) is 15.5 Å². The Hall–Kier alpha value is -2.82. The molecule has 3 aromatic carbocycles. The molecule has 0 saturated carbocycles. The van der Waals surface area contributed by atoms with Gasteiger partial charge in [-0.05, 0) is 55.8 Å². The maximum Gasteiger partial charge on any atom is 0.251 e. The summed E-state index contributed by atoms with van der Waals surface area (Å²) in [7, 11) is 0. The predicted molar refractivity (Wildman–Crippen MR) is 122 cm³/mol. The molecule has 6 heteroatoms. The van der Waals surface area contributed by atoms with Gasteiger partial charge in [-0.25, -0.2) is 4.98 Å². The van der Waals surface area contributed by atoms with Gasteiger partial charge in [0.25, 0.3) is 5.91 Å². The number of aromatic nitrogens is 2. The van der Waals surface area contributed by atoms with Gasteiger partial charge in [-0.2, -0.15) is 0 Å². The minimum absolute atomic E-state index is 0.129. The van der Waals surface area contributed by atoms with Gasteiger partial charge < -0.3 is 9.88 Å². The zero-order valence-electron chi connectivity index (χ0n) is 16.7. The molecule has 4 rings (SSSR count). The van der Waals surface area contributed by atoms with Crippen molar-refractivity contribution < 1.29 is 4.79 Å². The van der Waals surface area contributed by atoms with Gasteiger partial charge in [0.05, 0.1) is 27.1 Å². The zero-order chi connectivity index (χ0) is 21.3. The van der Waals surface area contributed by atoms with E-state index in [2.05, 4.69) is 9.88 Å². The molecule has 30 heavy (non-hydrogen) atoms. The van der Waals surface area contributed by atoms with Gasteiger partial charge in [0, 0.05) is 12.1 Å².